The highest BCUT2D eigenvalue weighted by Crippen LogP contribution is 2.15. The zero-order valence-corrected chi connectivity index (χ0v) is 16.5. The van der Waals surface area contributed by atoms with E-state index in [1.165, 1.54) is 23.4 Å². The maximum atomic E-state index is 13.2. The van der Waals surface area contributed by atoms with Crippen LogP contribution in [0, 0.1) is 5.82 Å². The predicted molar refractivity (Wildman–Crippen MR) is 111 cm³/mol. The summed E-state index contributed by atoms with van der Waals surface area (Å²) in [6.45, 7) is 5.00. The third kappa shape index (κ3) is 6.04. The summed E-state index contributed by atoms with van der Waals surface area (Å²) >= 11 is 0. The van der Waals surface area contributed by atoms with Crippen molar-refractivity contribution in [3.8, 4) is 0 Å². The van der Waals surface area contributed by atoms with Gasteiger partial charge in [0, 0.05) is 38.1 Å². The Kier molecular flexibility index (Phi) is 7.40. The van der Waals surface area contributed by atoms with Gasteiger partial charge in [-0.1, -0.05) is 55.8 Å². The number of aliphatic hydroxyl groups excluding tert-OH is 1. The topological polar surface area (TPSA) is 28.4 Å². The summed E-state index contributed by atoms with van der Waals surface area (Å²) in [6.07, 6.45) is 3.51. The van der Waals surface area contributed by atoms with Crippen LogP contribution in [0.15, 0.2) is 72.9 Å². The van der Waals surface area contributed by atoms with Crippen molar-refractivity contribution in [3.05, 3.63) is 95.6 Å². The summed E-state index contributed by atoms with van der Waals surface area (Å²) < 4.78 is 15.4. The van der Waals surface area contributed by atoms with E-state index in [-0.39, 0.29) is 11.9 Å². The molecule has 1 aromatic heterocycles. The lowest BCUT2D eigenvalue weighted by Crippen LogP contribution is -2.32. The van der Waals surface area contributed by atoms with Gasteiger partial charge < -0.3 is 9.67 Å². The van der Waals surface area contributed by atoms with Crippen molar-refractivity contribution in [2.24, 2.45) is 0 Å². The van der Waals surface area contributed by atoms with Gasteiger partial charge in [-0.2, -0.15) is 0 Å². The molecule has 0 radical (unpaired) electrons. The number of hydrogen-bond donors (Lipinski definition) is 1. The van der Waals surface area contributed by atoms with Crippen LogP contribution >= 0.6 is 0 Å². The number of aromatic nitrogens is 1. The molecule has 0 aliphatic heterocycles. The summed E-state index contributed by atoms with van der Waals surface area (Å²) in [5, 5.41) is 10.4. The number of aliphatic hydroxyl groups is 1. The zero-order valence-electron chi connectivity index (χ0n) is 16.5. The van der Waals surface area contributed by atoms with Gasteiger partial charge in [0.25, 0.3) is 0 Å². The molecule has 28 heavy (non-hydrogen) atoms. The van der Waals surface area contributed by atoms with Gasteiger partial charge in [0.2, 0.25) is 0 Å². The standard InChI is InChI=1S/C24H29FN2O/c1-2-7-24(28)19-26(16-20-8-4-3-5-9-20)18-23-10-6-15-27(23)17-21-11-13-22(25)14-12-21/h3-6,8-15,24,28H,2,7,16-19H2,1H3/t24-/m0/s1. The monoisotopic (exact) mass is 380 g/mol. The van der Waals surface area contributed by atoms with Gasteiger partial charge in [-0.15, -0.1) is 0 Å². The number of rotatable bonds is 10. The fourth-order valence-electron chi connectivity index (χ4n) is 3.51. The van der Waals surface area contributed by atoms with Crippen molar-refractivity contribution >= 4 is 0 Å². The minimum Gasteiger partial charge on any atom is -0.392 e. The average Bonchev–Trinajstić information content (AvgIpc) is 3.11. The molecule has 1 N–H and O–H groups in total. The van der Waals surface area contributed by atoms with Gasteiger partial charge in [0.05, 0.1) is 6.10 Å². The minimum atomic E-state index is -0.325. The Morgan fingerprint density at radius 1 is 0.929 bits per heavy atom. The first kappa shape index (κ1) is 20.3. The molecule has 1 atom stereocenters. The Bertz CT molecular complexity index is 829. The zero-order chi connectivity index (χ0) is 19.8. The van der Waals surface area contributed by atoms with Crippen molar-refractivity contribution < 1.29 is 9.50 Å². The third-order valence-electron chi connectivity index (χ3n) is 4.92. The Morgan fingerprint density at radius 2 is 1.68 bits per heavy atom. The molecule has 0 amide bonds. The molecule has 0 unspecified atom stereocenters. The summed E-state index contributed by atoms with van der Waals surface area (Å²) in [6, 6.07) is 21.2. The molecule has 0 saturated carbocycles. The first-order valence-corrected chi connectivity index (χ1v) is 9.97. The molecule has 0 spiro atoms. The second-order valence-electron chi connectivity index (χ2n) is 7.35. The first-order chi connectivity index (χ1) is 13.6. The van der Waals surface area contributed by atoms with Gasteiger partial charge in [0.1, 0.15) is 5.82 Å². The average molecular weight is 381 g/mol. The molecule has 3 rings (SSSR count). The van der Waals surface area contributed by atoms with Crippen LogP contribution in [0.1, 0.15) is 36.6 Å². The SMILES string of the molecule is CCC[C@H](O)CN(Cc1ccccc1)Cc1cccn1Cc1ccc(F)cc1. The van der Waals surface area contributed by atoms with Gasteiger partial charge in [-0.25, -0.2) is 4.39 Å². The smallest absolute Gasteiger partial charge is 0.123 e. The van der Waals surface area contributed by atoms with E-state index in [1.807, 2.05) is 36.4 Å². The molecule has 0 saturated heterocycles. The van der Waals surface area contributed by atoms with Crippen molar-refractivity contribution in [1.29, 1.82) is 0 Å². The van der Waals surface area contributed by atoms with Crippen LogP contribution in [0.5, 0.6) is 0 Å². The van der Waals surface area contributed by atoms with Gasteiger partial charge >= 0.3 is 0 Å². The summed E-state index contributed by atoms with van der Waals surface area (Å²) in [4.78, 5) is 2.30. The minimum absolute atomic E-state index is 0.213. The van der Waals surface area contributed by atoms with Crippen LogP contribution in [0.3, 0.4) is 0 Å². The summed E-state index contributed by atoms with van der Waals surface area (Å²) in [7, 11) is 0. The molecule has 0 fully saturated rings. The van der Waals surface area contributed by atoms with Crippen LogP contribution in [-0.2, 0) is 19.6 Å². The van der Waals surface area contributed by atoms with E-state index in [9.17, 15) is 9.50 Å². The summed E-state index contributed by atoms with van der Waals surface area (Å²) in [5.41, 5.74) is 3.49. The highest BCUT2D eigenvalue weighted by atomic mass is 19.1. The third-order valence-corrected chi connectivity index (χ3v) is 4.92. The predicted octanol–water partition coefficient (Wildman–Crippen LogP) is 4.84. The Hall–Kier alpha value is -2.43. The fourth-order valence-corrected chi connectivity index (χ4v) is 3.51. The Balaban J connectivity index is 1.72. The lowest BCUT2D eigenvalue weighted by atomic mass is 10.1. The van der Waals surface area contributed by atoms with Crippen LogP contribution < -0.4 is 0 Å². The molecule has 3 nitrogen and oxygen atoms in total. The van der Waals surface area contributed by atoms with E-state index in [0.29, 0.717) is 13.1 Å². The van der Waals surface area contributed by atoms with Gasteiger partial charge in [0.15, 0.2) is 0 Å². The molecule has 3 aromatic rings. The van der Waals surface area contributed by atoms with E-state index in [1.54, 1.807) is 0 Å². The molecule has 4 heteroatoms. The van der Waals surface area contributed by atoms with Gasteiger partial charge in [-0.3, -0.25) is 4.90 Å². The van der Waals surface area contributed by atoms with E-state index < -0.39 is 0 Å². The molecule has 0 aliphatic carbocycles. The van der Waals surface area contributed by atoms with Gasteiger partial charge in [-0.05, 0) is 41.8 Å². The molecule has 1 heterocycles. The fraction of sp³-hybridized carbons (Fsp3) is 0.333. The van der Waals surface area contributed by atoms with E-state index >= 15 is 0 Å². The lowest BCUT2D eigenvalue weighted by molar-refractivity contribution is 0.0958. The number of halogens is 1. The number of nitrogens with zero attached hydrogens (tertiary/aromatic N) is 2. The van der Waals surface area contributed by atoms with Crippen molar-refractivity contribution in [2.45, 2.75) is 45.5 Å². The van der Waals surface area contributed by atoms with Crippen LogP contribution in [0.2, 0.25) is 0 Å². The maximum Gasteiger partial charge on any atom is 0.123 e. The normalized spacial score (nSPS) is 12.4. The summed E-state index contributed by atoms with van der Waals surface area (Å²) in [5.74, 6) is -0.213. The molecule has 0 bridgehead atoms. The quantitative estimate of drug-likeness (QED) is 0.545. The molecular weight excluding hydrogens is 351 g/mol. The van der Waals surface area contributed by atoms with Crippen molar-refractivity contribution in [2.75, 3.05) is 6.54 Å². The molecular formula is C24H29FN2O. The van der Waals surface area contributed by atoms with E-state index in [4.69, 9.17) is 0 Å². The first-order valence-electron chi connectivity index (χ1n) is 9.97. The second-order valence-corrected chi connectivity index (χ2v) is 7.35. The highest BCUT2D eigenvalue weighted by molar-refractivity contribution is 5.19. The van der Waals surface area contributed by atoms with Crippen molar-refractivity contribution in [3.63, 3.8) is 0 Å². The van der Waals surface area contributed by atoms with Crippen LogP contribution in [-0.4, -0.2) is 27.2 Å². The Labute approximate surface area is 167 Å². The van der Waals surface area contributed by atoms with Crippen LogP contribution in [0.4, 0.5) is 4.39 Å². The van der Waals surface area contributed by atoms with Crippen LogP contribution in [0.25, 0.3) is 0 Å². The Morgan fingerprint density at radius 3 is 2.39 bits per heavy atom. The molecule has 2 aromatic carbocycles. The van der Waals surface area contributed by atoms with E-state index in [0.717, 1.165) is 31.5 Å². The number of hydrogen-bond acceptors (Lipinski definition) is 2. The molecule has 148 valence electrons. The second kappa shape index (κ2) is 10.2. The number of benzene rings is 2. The molecule has 0 aliphatic rings. The van der Waals surface area contributed by atoms with E-state index in [2.05, 4.69) is 40.8 Å². The highest BCUT2D eigenvalue weighted by Gasteiger charge is 2.14. The van der Waals surface area contributed by atoms with Crippen molar-refractivity contribution in [1.82, 2.24) is 9.47 Å². The maximum absolute atomic E-state index is 13.2. The largest absolute Gasteiger partial charge is 0.392 e. The lowest BCUT2D eigenvalue weighted by Gasteiger charge is -2.26.